The Morgan fingerprint density at radius 1 is 0.833 bits per heavy atom. The van der Waals surface area contributed by atoms with Crippen molar-refractivity contribution in [1.29, 1.82) is 0 Å². The average molecular weight is 170 g/mol. The van der Waals surface area contributed by atoms with Crippen molar-refractivity contribution in [3.05, 3.63) is 12.1 Å². The molecule has 0 saturated carbocycles. The van der Waals surface area contributed by atoms with Crippen molar-refractivity contribution < 1.29 is 2.74 Å². The van der Waals surface area contributed by atoms with E-state index in [0.29, 0.717) is 12.1 Å². The topological polar surface area (TPSA) is 0 Å². The molecule has 72 valence electrons. The lowest BCUT2D eigenvalue weighted by atomic mass is 10.1. The molecule has 0 atom stereocenters. The van der Waals surface area contributed by atoms with E-state index in [9.17, 15) is 0 Å². The molecule has 0 aromatic rings. The van der Waals surface area contributed by atoms with Crippen LogP contribution in [0.4, 0.5) is 0 Å². The van der Waals surface area contributed by atoms with Gasteiger partial charge in [0.2, 0.25) is 0 Å². The standard InChI is InChI=1S/C12H24/c1-3-5-7-9-11-12-10-8-6-4-2/h11-12H,3-10H2,1-2H3/i11D,12D. The van der Waals surface area contributed by atoms with Gasteiger partial charge in [-0.2, -0.15) is 0 Å². The Morgan fingerprint density at radius 2 is 1.25 bits per heavy atom. The summed E-state index contributed by atoms with van der Waals surface area (Å²) in [6, 6.07) is 1.13. The summed E-state index contributed by atoms with van der Waals surface area (Å²) in [7, 11) is 0. The summed E-state index contributed by atoms with van der Waals surface area (Å²) in [5.41, 5.74) is 0. The summed E-state index contributed by atoms with van der Waals surface area (Å²) in [6.45, 7) is 4.33. The fourth-order valence-electron chi connectivity index (χ4n) is 1.10. The van der Waals surface area contributed by atoms with Gasteiger partial charge < -0.3 is 0 Å². The summed E-state index contributed by atoms with van der Waals surface area (Å²) in [4.78, 5) is 0. The molecular weight excluding hydrogens is 144 g/mol. The summed E-state index contributed by atoms with van der Waals surface area (Å²) >= 11 is 0. The van der Waals surface area contributed by atoms with Crippen LogP contribution in [0, 0.1) is 0 Å². The second kappa shape index (κ2) is 10.7. The lowest BCUT2D eigenvalue weighted by molar-refractivity contribution is 0.715. The van der Waals surface area contributed by atoms with Gasteiger partial charge in [0.05, 0.1) is 2.74 Å². The maximum Gasteiger partial charge on any atom is 0.0572 e. The maximum atomic E-state index is 7.68. The summed E-state index contributed by atoms with van der Waals surface area (Å²) in [5.74, 6) is 0. The molecule has 0 bridgehead atoms. The second-order valence-electron chi connectivity index (χ2n) is 3.27. The second-order valence-corrected chi connectivity index (χ2v) is 3.27. The Morgan fingerprint density at radius 3 is 1.58 bits per heavy atom. The van der Waals surface area contributed by atoms with E-state index in [1.807, 2.05) is 0 Å². The van der Waals surface area contributed by atoms with E-state index in [2.05, 4.69) is 13.8 Å². The van der Waals surface area contributed by atoms with E-state index < -0.39 is 0 Å². The molecule has 0 radical (unpaired) electrons. The summed E-state index contributed by atoms with van der Waals surface area (Å²) < 4.78 is 15.4. The Balaban J connectivity index is 3.66. The Hall–Kier alpha value is -0.260. The van der Waals surface area contributed by atoms with Gasteiger partial charge in [-0.15, -0.1) is 0 Å². The molecule has 0 aliphatic rings. The van der Waals surface area contributed by atoms with Crippen LogP contribution in [0.1, 0.15) is 68.0 Å². The minimum Gasteiger partial charge on any atom is -0.0885 e. The van der Waals surface area contributed by atoms with E-state index in [-0.39, 0.29) is 0 Å². The maximum absolute atomic E-state index is 7.68. The van der Waals surface area contributed by atoms with Crippen LogP contribution in [0.25, 0.3) is 0 Å². The molecule has 0 aliphatic carbocycles. The van der Waals surface area contributed by atoms with Crippen molar-refractivity contribution >= 4 is 0 Å². The number of unbranched alkanes of at least 4 members (excludes halogenated alkanes) is 4. The predicted octanol–water partition coefficient (Wildman–Crippen LogP) is 4.70. The molecule has 0 rings (SSSR count). The van der Waals surface area contributed by atoms with Crippen LogP contribution >= 0.6 is 0 Å². The Bertz CT molecular complexity index is 144. The zero-order valence-corrected chi connectivity index (χ0v) is 8.66. The molecular formula is C12H24. The molecule has 0 N–H and O–H groups in total. The first-order valence-corrected chi connectivity index (χ1v) is 5.37. The van der Waals surface area contributed by atoms with Gasteiger partial charge in [0, 0.05) is 0 Å². The predicted molar refractivity (Wildman–Crippen MR) is 57.4 cm³/mol. The number of rotatable bonds is 8. The van der Waals surface area contributed by atoms with E-state index in [0.717, 1.165) is 25.7 Å². The first kappa shape index (κ1) is 8.34. The van der Waals surface area contributed by atoms with Crippen LogP contribution in [0.3, 0.4) is 0 Å². The average Bonchev–Trinajstić information content (AvgIpc) is 2.18. The highest BCUT2D eigenvalue weighted by Crippen LogP contribution is 2.03. The van der Waals surface area contributed by atoms with Gasteiger partial charge in [0.25, 0.3) is 0 Å². The van der Waals surface area contributed by atoms with Crippen LogP contribution in [0.15, 0.2) is 12.1 Å². The highest BCUT2D eigenvalue weighted by Gasteiger charge is 1.83. The first-order valence-electron chi connectivity index (χ1n) is 6.37. The number of hydrogen-bond donors (Lipinski definition) is 0. The van der Waals surface area contributed by atoms with Crippen molar-refractivity contribution in [2.24, 2.45) is 0 Å². The van der Waals surface area contributed by atoms with Crippen LogP contribution in [-0.4, -0.2) is 0 Å². The monoisotopic (exact) mass is 170 g/mol. The molecule has 0 amide bonds. The fourth-order valence-corrected chi connectivity index (χ4v) is 1.10. The highest BCUT2D eigenvalue weighted by molar-refractivity contribution is 4.81. The number of allylic oxidation sites excluding steroid dienone is 2. The first-order chi connectivity index (χ1) is 6.72. The van der Waals surface area contributed by atoms with Gasteiger partial charge in [-0.25, -0.2) is 0 Å². The Kier molecular flexibility index (Phi) is 7.47. The van der Waals surface area contributed by atoms with Gasteiger partial charge in [0.15, 0.2) is 0 Å². The lowest BCUT2D eigenvalue weighted by Gasteiger charge is -1.93. The third kappa shape index (κ3) is 9.74. The van der Waals surface area contributed by atoms with E-state index in [4.69, 9.17) is 2.74 Å². The molecule has 0 saturated heterocycles. The smallest absolute Gasteiger partial charge is 0.0572 e. The van der Waals surface area contributed by atoms with Crippen LogP contribution in [0.5, 0.6) is 0 Å². The molecule has 0 aliphatic heterocycles. The summed E-state index contributed by atoms with van der Waals surface area (Å²) in [5, 5.41) is 0. The van der Waals surface area contributed by atoms with Crippen LogP contribution < -0.4 is 0 Å². The minimum atomic E-state index is 0.564. The van der Waals surface area contributed by atoms with E-state index in [1.165, 1.54) is 25.7 Å². The number of hydrogen-bond acceptors (Lipinski definition) is 0. The molecule has 0 fully saturated rings. The zero-order valence-electron chi connectivity index (χ0n) is 10.7. The summed E-state index contributed by atoms with van der Waals surface area (Å²) in [6.07, 6.45) is 8.51. The third-order valence-corrected chi connectivity index (χ3v) is 1.94. The van der Waals surface area contributed by atoms with Crippen LogP contribution in [-0.2, 0) is 0 Å². The third-order valence-electron chi connectivity index (χ3n) is 1.94. The van der Waals surface area contributed by atoms with Gasteiger partial charge in [-0.1, -0.05) is 51.6 Å². The largest absolute Gasteiger partial charge is 0.0885 e. The quantitative estimate of drug-likeness (QED) is 0.366. The van der Waals surface area contributed by atoms with Crippen molar-refractivity contribution in [2.45, 2.75) is 65.2 Å². The lowest BCUT2D eigenvalue weighted by Crippen LogP contribution is -1.73. The molecule has 12 heavy (non-hydrogen) atoms. The normalized spacial score (nSPS) is 15.2. The van der Waals surface area contributed by atoms with Crippen molar-refractivity contribution in [3.8, 4) is 0 Å². The minimum absolute atomic E-state index is 0.564. The van der Waals surface area contributed by atoms with E-state index >= 15 is 0 Å². The molecule has 0 heteroatoms. The fraction of sp³-hybridized carbons (Fsp3) is 0.833. The van der Waals surface area contributed by atoms with Crippen molar-refractivity contribution in [2.75, 3.05) is 0 Å². The zero-order chi connectivity index (χ0) is 10.8. The van der Waals surface area contributed by atoms with Gasteiger partial charge in [-0.05, 0) is 25.7 Å². The van der Waals surface area contributed by atoms with Gasteiger partial charge in [-0.3, -0.25) is 0 Å². The van der Waals surface area contributed by atoms with Crippen molar-refractivity contribution in [3.63, 3.8) is 0 Å². The molecule has 0 aromatic carbocycles. The highest BCUT2D eigenvalue weighted by atomic mass is 13.9. The molecule has 0 aromatic heterocycles. The Labute approximate surface area is 80.9 Å². The van der Waals surface area contributed by atoms with Crippen molar-refractivity contribution in [1.82, 2.24) is 0 Å². The van der Waals surface area contributed by atoms with Gasteiger partial charge in [0.1, 0.15) is 0 Å². The van der Waals surface area contributed by atoms with E-state index in [1.54, 1.807) is 0 Å². The molecule has 0 spiro atoms. The SMILES string of the molecule is [2H]C(CCCCC)=C([2H])CCCCC. The van der Waals surface area contributed by atoms with Crippen LogP contribution in [0.2, 0.25) is 0 Å². The molecule has 0 heterocycles. The molecule has 0 nitrogen and oxygen atoms in total. The molecule has 0 unspecified atom stereocenters. The van der Waals surface area contributed by atoms with Gasteiger partial charge >= 0.3 is 0 Å².